The first-order chi connectivity index (χ1) is 15.0. The van der Waals surface area contributed by atoms with Gasteiger partial charge in [0.2, 0.25) is 0 Å². The Labute approximate surface area is 177 Å². The Balaban J connectivity index is 1.63. The Bertz CT molecular complexity index is 1350. The molecular formula is C23H22N4O4. The van der Waals surface area contributed by atoms with Crippen molar-refractivity contribution < 1.29 is 9.53 Å². The summed E-state index contributed by atoms with van der Waals surface area (Å²) in [6, 6.07) is 16.6. The van der Waals surface area contributed by atoms with Gasteiger partial charge in [0.25, 0.3) is 11.5 Å². The second-order valence-electron chi connectivity index (χ2n) is 7.22. The molecule has 31 heavy (non-hydrogen) atoms. The molecule has 0 aliphatic carbocycles. The smallest absolute Gasteiger partial charge is 0.329 e. The van der Waals surface area contributed by atoms with Gasteiger partial charge in [0.15, 0.2) is 0 Å². The average molecular weight is 418 g/mol. The molecule has 158 valence electrons. The van der Waals surface area contributed by atoms with Gasteiger partial charge in [0.1, 0.15) is 11.3 Å². The summed E-state index contributed by atoms with van der Waals surface area (Å²) in [5.74, 6) is 0.353. The van der Waals surface area contributed by atoms with Gasteiger partial charge in [0.05, 0.1) is 24.7 Å². The zero-order chi connectivity index (χ0) is 22.0. The van der Waals surface area contributed by atoms with E-state index in [1.54, 1.807) is 24.9 Å². The molecule has 0 atom stereocenters. The molecule has 8 heteroatoms. The number of aromatic amines is 1. The zero-order valence-electron chi connectivity index (χ0n) is 17.2. The third-order valence-electron chi connectivity index (χ3n) is 5.15. The van der Waals surface area contributed by atoms with E-state index in [9.17, 15) is 14.4 Å². The number of hydrogen-bond acceptors (Lipinski definition) is 4. The molecule has 2 heterocycles. The van der Waals surface area contributed by atoms with Crippen LogP contribution in [-0.2, 0) is 20.1 Å². The predicted octanol–water partition coefficient (Wildman–Crippen LogP) is 2.02. The third kappa shape index (κ3) is 4.00. The van der Waals surface area contributed by atoms with Gasteiger partial charge in [-0.05, 0) is 23.3 Å². The molecule has 0 unspecified atom stereocenters. The van der Waals surface area contributed by atoms with E-state index in [0.717, 1.165) is 21.4 Å². The standard InChI is InChI=1S/C23H22N4O4/c1-26-14-18(21(28)24-12-15-8-10-17(31-2)11-9-15)19-20(26)22(29)27(23(30)25-19)13-16-6-4-3-5-7-16/h3-11,14H,12-13H2,1-2H3,(H,24,28)(H,25,30). The van der Waals surface area contributed by atoms with Crippen molar-refractivity contribution in [3.05, 3.63) is 98.3 Å². The predicted molar refractivity (Wildman–Crippen MR) is 118 cm³/mol. The van der Waals surface area contributed by atoms with Gasteiger partial charge in [-0.2, -0.15) is 0 Å². The zero-order valence-corrected chi connectivity index (χ0v) is 17.2. The highest BCUT2D eigenvalue weighted by molar-refractivity contribution is 6.05. The third-order valence-corrected chi connectivity index (χ3v) is 5.15. The second-order valence-corrected chi connectivity index (χ2v) is 7.22. The Morgan fingerprint density at radius 3 is 2.42 bits per heavy atom. The van der Waals surface area contributed by atoms with Crippen molar-refractivity contribution in [2.75, 3.05) is 7.11 Å². The summed E-state index contributed by atoms with van der Waals surface area (Å²) in [6.07, 6.45) is 1.55. The lowest BCUT2D eigenvalue weighted by Crippen LogP contribution is -2.36. The first-order valence-corrected chi connectivity index (χ1v) is 9.75. The molecule has 8 nitrogen and oxygen atoms in total. The van der Waals surface area contributed by atoms with E-state index in [2.05, 4.69) is 10.3 Å². The maximum Gasteiger partial charge on any atom is 0.329 e. The van der Waals surface area contributed by atoms with E-state index in [1.165, 1.54) is 0 Å². The van der Waals surface area contributed by atoms with E-state index in [1.807, 2.05) is 54.6 Å². The van der Waals surface area contributed by atoms with Crippen LogP contribution in [0.3, 0.4) is 0 Å². The number of nitrogens with one attached hydrogen (secondary N) is 2. The molecule has 0 radical (unpaired) electrons. The highest BCUT2D eigenvalue weighted by atomic mass is 16.5. The van der Waals surface area contributed by atoms with Gasteiger partial charge in [0, 0.05) is 19.8 Å². The number of nitrogens with zero attached hydrogens (tertiary/aromatic N) is 2. The van der Waals surface area contributed by atoms with Crippen LogP contribution in [0.2, 0.25) is 0 Å². The highest BCUT2D eigenvalue weighted by Crippen LogP contribution is 2.15. The minimum absolute atomic E-state index is 0.148. The normalized spacial score (nSPS) is 10.9. The summed E-state index contributed by atoms with van der Waals surface area (Å²) in [5, 5.41) is 2.83. The lowest BCUT2D eigenvalue weighted by Gasteiger charge is -2.07. The van der Waals surface area contributed by atoms with Gasteiger partial charge in [-0.3, -0.25) is 14.2 Å². The van der Waals surface area contributed by atoms with Crippen molar-refractivity contribution in [3.8, 4) is 5.75 Å². The maximum atomic E-state index is 13.0. The summed E-state index contributed by atoms with van der Waals surface area (Å²) >= 11 is 0. The summed E-state index contributed by atoms with van der Waals surface area (Å²) in [7, 11) is 3.26. The molecule has 0 bridgehead atoms. The van der Waals surface area contributed by atoms with Crippen molar-refractivity contribution in [2.24, 2.45) is 7.05 Å². The number of carbonyl (C=O) groups excluding carboxylic acids is 1. The molecule has 2 aromatic heterocycles. The topological polar surface area (TPSA) is 98.1 Å². The number of H-pyrrole nitrogens is 1. The quantitative estimate of drug-likeness (QED) is 0.501. The summed E-state index contributed by atoms with van der Waals surface area (Å²) < 4.78 is 7.83. The fraction of sp³-hybridized carbons (Fsp3) is 0.174. The maximum absolute atomic E-state index is 13.0. The van der Waals surface area contributed by atoms with E-state index < -0.39 is 11.2 Å². The van der Waals surface area contributed by atoms with Gasteiger partial charge in [-0.25, -0.2) is 4.79 Å². The van der Waals surface area contributed by atoms with Crippen LogP contribution in [0, 0.1) is 0 Å². The van der Waals surface area contributed by atoms with Crippen molar-refractivity contribution in [1.82, 2.24) is 19.4 Å². The molecule has 0 spiro atoms. The van der Waals surface area contributed by atoms with E-state index in [4.69, 9.17) is 4.74 Å². The molecule has 4 aromatic rings. The Hall–Kier alpha value is -4.07. The number of methoxy groups -OCH3 is 1. The number of aromatic nitrogens is 3. The molecular weight excluding hydrogens is 396 g/mol. The van der Waals surface area contributed by atoms with Crippen LogP contribution in [0.25, 0.3) is 11.0 Å². The van der Waals surface area contributed by atoms with Crippen LogP contribution < -0.4 is 21.3 Å². The largest absolute Gasteiger partial charge is 0.497 e. The molecule has 0 aliphatic heterocycles. The summed E-state index contributed by atoms with van der Waals surface area (Å²) in [5.41, 5.74) is 1.47. The lowest BCUT2D eigenvalue weighted by atomic mass is 10.2. The number of benzene rings is 2. The van der Waals surface area contributed by atoms with Crippen LogP contribution >= 0.6 is 0 Å². The van der Waals surface area contributed by atoms with Gasteiger partial charge in [-0.1, -0.05) is 42.5 Å². The average Bonchev–Trinajstić information content (AvgIpc) is 3.12. The van der Waals surface area contributed by atoms with E-state index in [0.29, 0.717) is 6.54 Å². The molecule has 0 saturated carbocycles. The van der Waals surface area contributed by atoms with Crippen LogP contribution in [-0.4, -0.2) is 27.1 Å². The molecule has 4 rings (SSSR count). The van der Waals surface area contributed by atoms with Crippen LogP contribution in [0.1, 0.15) is 21.5 Å². The van der Waals surface area contributed by atoms with Gasteiger partial charge >= 0.3 is 5.69 Å². The minimum atomic E-state index is -0.559. The number of hydrogen-bond donors (Lipinski definition) is 2. The number of aryl methyl sites for hydroxylation is 1. The molecule has 0 fully saturated rings. The Kier molecular flexibility index (Phi) is 5.44. The van der Waals surface area contributed by atoms with Crippen LogP contribution in [0.4, 0.5) is 0 Å². The summed E-state index contributed by atoms with van der Waals surface area (Å²) in [4.78, 5) is 41.2. The molecule has 1 amide bonds. The van der Waals surface area contributed by atoms with Crippen molar-refractivity contribution >= 4 is 16.9 Å². The lowest BCUT2D eigenvalue weighted by molar-refractivity contribution is 0.0952. The van der Waals surface area contributed by atoms with Crippen LogP contribution in [0.15, 0.2) is 70.4 Å². The number of rotatable bonds is 6. The van der Waals surface area contributed by atoms with Crippen LogP contribution in [0.5, 0.6) is 5.75 Å². The Morgan fingerprint density at radius 1 is 1.03 bits per heavy atom. The SMILES string of the molecule is COc1ccc(CNC(=O)c2cn(C)c3c(=O)n(Cc4ccccc4)c(=O)[nH]c23)cc1. The fourth-order valence-electron chi connectivity index (χ4n) is 3.51. The van der Waals surface area contributed by atoms with Crippen molar-refractivity contribution in [3.63, 3.8) is 0 Å². The van der Waals surface area contributed by atoms with Gasteiger partial charge < -0.3 is 19.6 Å². The van der Waals surface area contributed by atoms with Crippen molar-refractivity contribution in [1.29, 1.82) is 0 Å². The number of carbonyl (C=O) groups is 1. The van der Waals surface area contributed by atoms with Crippen molar-refractivity contribution in [2.45, 2.75) is 13.1 Å². The first-order valence-electron chi connectivity index (χ1n) is 9.75. The minimum Gasteiger partial charge on any atom is -0.497 e. The summed E-state index contributed by atoms with van der Waals surface area (Å²) in [6.45, 7) is 0.448. The second kappa shape index (κ2) is 8.35. The monoisotopic (exact) mass is 418 g/mol. The highest BCUT2D eigenvalue weighted by Gasteiger charge is 2.19. The number of amides is 1. The Morgan fingerprint density at radius 2 is 1.74 bits per heavy atom. The molecule has 2 N–H and O–H groups in total. The molecule has 0 aliphatic rings. The van der Waals surface area contributed by atoms with E-state index in [-0.39, 0.29) is 29.0 Å². The van der Waals surface area contributed by atoms with E-state index >= 15 is 0 Å². The number of ether oxygens (including phenoxy) is 1. The first kappa shape index (κ1) is 20.2. The fourth-order valence-corrected chi connectivity index (χ4v) is 3.51. The molecule has 0 saturated heterocycles. The number of fused-ring (bicyclic) bond motifs is 1. The van der Waals surface area contributed by atoms with Gasteiger partial charge in [-0.15, -0.1) is 0 Å². The molecule has 2 aromatic carbocycles.